The zero-order chi connectivity index (χ0) is 17.8. The largest absolute Gasteiger partial charge is 0.372 e. The Hall–Kier alpha value is -2.81. The molecular weight excluding hydrogens is 320 g/mol. The number of carbonyl (C=O) groups is 1. The normalized spacial score (nSPS) is 13.9. The second-order valence-corrected chi connectivity index (χ2v) is 6.93. The Bertz CT molecular complexity index is 890. The van der Waals surface area contributed by atoms with E-state index in [1.54, 1.807) is 0 Å². The fraction of sp³-hybridized carbons (Fsp3) is 0.261. The zero-order valence-corrected chi connectivity index (χ0v) is 14.9. The molecule has 0 spiro atoms. The quantitative estimate of drug-likeness (QED) is 0.705. The van der Waals surface area contributed by atoms with E-state index in [0.717, 1.165) is 25.2 Å². The lowest BCUT2D eigenvalue weighted by Crippen LogP contribution is -2.17. The van der Waals surface area contributed by atoms with E-state index in [4.69, 9.17) is 0 Å². The van der Waals surface area contributed by atoms with Crippen LogP contribution in [0.5, 0.6) is 0 Å². The Kier molecular flexibility index (Phi) is 4.87. The molecule has 1 N–H and O–H groups in total. The van der Waals surface area contributed by atoms with Crippen LogP contribution in [-0.4, -0.2) is 19.0 Å². The molecule has 3 aromatic carbocycles. The van der Waals surface area contributed by atoms with E-state index in [1.807, 2.05) is 24.3 Å². The van der Waals surface area contributed by atoms with Gasteiger partial charge in [0.15, 0.2) is 0 Å². The highest BCUT2D eigenvalue weighted by Gasteiger charge is 2.12. The molecule has 0 aliphatic carbocycles. The van der Waals surface area contributed by atoms with Gasteiger partial charge in [-0.1, -0.05) is 42.5 Å². The molecule has 1 heterocycles. The zero-order valence-electron chi connectivity index (χ0n) is 14.9. The molecule has 0 unspecified atom stereocenters. The van der Waals surface area contributed by atoms with Crippen LogP contribution >= 0.6 is 0 Å². The van der Waals surface area contributed by atoms with Crippen LogP contribution in [0.2, 0.25) is 0 Å². The molecule has 3 nitrogen and oxygen atoms in total. The van der Waals surface area contributed by atoms with E-state index in [-0.39, 0.29) is 5.91 Å². The Labute approximate surface area is 154 Å². The second-order valence-electron chi connectivity index (χ2n) is 6.93. The van der Waals surface area contributed by atoms with Crippen LogP contribution in [0.25, 0.3) is 10.8 Å². The fourth-order valence-electron chi connectivity index (χ4n) is 3.71. The molecule has 26 heavy (non-hydrogen) atoms. The summed E-state index contributed by atoms with van der Waals surface area (Å²) in [4.78, 5) is 14.7. The van der Waals surface area contributed by atoms with Gasteiger partial charge in [0.25, 0.3) is 0 Å². The molecule has 1 saturated heterocycles. The minimum Gasteiger partial charge on any atom is -0.372 e. The van der Waals surface area contributed by atoms with Crippen molar-refractivity contribution in [3.8, 4) is 0 Å². The lowest BCUT2D eigenvalue weighted by atomic mass is 10.0. The topological polar surface area (TPSA) is 32.3 Å². The monoisotopic (exact) mass is 344 g/mol. The number of nitrogens with zero attached hydrogens (tertiary/aromatic N) is 1. The summed E-state index contributed by atoms with van der Waals surface area (Å²) < 4.78 is 0. The van der Waals surface area contributed by atoms with Gasteiger partial charge in [0, 0.05) is 30.9 Å². The molecule has 0 atom stereocenters. The first-order valence-electron chi connectivity index (χ1n) is 9.41. The van der Waals surface area contributed by atoms with Gasteiger partial charge in [0.05, 0.1) is 0 Å². The summed E-state index contributed by atoms with van der Waals surface area (Å²) in [6.07, 6.45) is 3.78. The van der Waals surface area contributed by atoms with Crippen molar-refractivity contribution >= 4 is 28.1 Å². The SMILES string of the molecule is O=C(CCc1cccc2ccccc12)Nc1ccc(N2CCCC2)cc1. The number of aryl methyl sites for hydroxylation is 1. The number of hydrogen-bond donors (Lipinski definition) is 1. The number of nitrogens with one attached hydrogen (secondary N) is 1. The van der Waals surface area contributed by atoms with Gasteiger partial charge in [0.1, 0.15) is 0 Å². The Morgan fingerprint density at radius 2 is 1.62 bits per heavy atom. The van der Waals surface area contributed by atoms with Gasteiger partial charge in [-0.2, -0.15) is 0 Å². The molecule has 0 aromatic heterocycles. The molecule has 0 radical (unpaired) electrons. The number of fused-ring (bicyclic) bond motifs is 1. The maximum absolute atomic E-state index is 12.3. The maximum atomic E-state index is 12.3. The first-order chi connectivity index (χ1) is 12.8. The van der Waals surface area contributed by atoms with E-state index >= 15 is 0 Å². The van der Waals surface area contributed by atoms with Gasteiger partial charge in [-0.25, -0.2) is 0 Å². The number of carbonyl (C=O) groups excluding carboxylic acids is 1. The molecule has 1 amide bonds. The third-order valence-electron chi connectivity index (χ3n) is 5.12. The van der Waals surface area contributed by atoms with E-state index < -0.39 is 0 Å². The molecule has 0 saturated carbocycles. The van der Waals surface area contributed by atoms with Crippen LogP contribution in [0.3, 0.4) is 0 Å². The van der Waals surface area contributed by atoms with Crippen molar-refractivity contribution in [2.75, 3.05) is 23.3 Å². The summed E-state index contributed by atoms with van der Waals surface area (Å²) in [6.45, 7) is 2.27. The highest BCUT2D eigenvalue weighted by atomic mass is 16.1. The third kappa shape index (κ3) is 3.72. The van der Waals surface area contributed by atoms with E-state index in [0.29, 0.717) is 6.42 Å². The summed E-state index contributed by atoms with van der Waals surface area (Å²) >= 11 is 0. The highest BCUT2D eigenvalue weighted by molar-refractivity contribution is 5.92. The molecule has 4 rings (SSSR count). The van der Waals surface area contributed by atoms with Crippen molar-refractivity contribution in [1.82, 2.24) is 0 Å². The predicted octanol–water partition coefficient (Wildman–Crippen LogP) is 5.01. The van der Waals surface area contributed by atoms with Crippen LogP contribution in [-0.2, 0) is 11.2 Å². The Morgan fingerprint density at radius 1 is 0.885 bits per heavy atom. The fourth-order valence-corrected chi connectivity index (χ4v) is 3.71. The molecule has 3 heteroatoms. The molecular formula is C23H24N2O. The number of amides is 1. The van der Waals surface area contributed by atoms with Gasteiger partial charge in [-0.15, -0.1) is 0 Å². The van der Waals surface area contributed by atoms with Crippen LogP contribution < -0.4 is 10.2 Å². The predicted molar refractivity (Wildman–Crippen MR) is 109 cm³/mol. The van der Waals surface area contributed by atoms with Crippen molar-refractivity contribution < 1.29 is 4.79 Å². The second kappa shape index (κ2) is 7.61. The maximum Gasteiger partial charge on any atom is 0.224 e. The Balaban J connectivity index is 1.36. The van der Waals surface area contributed by atoms with Crippen molar-refractivity contribution in [2.45, 2.75) is 25.7 Å². The van der Waals surface area contributed by atoms with Crippen molar-refractivity contribution in [2.24, 2.45) is 0 Å². The first-order valence-corrected chi connectivity index (χ1v) is 9.41. The van der Waals surface area contributed by atoms with Gasteiger partial charge in [0.2, 0.25) is 5.91 Å². The standard InChI is InChI=1S/C23H24N2O/c26-23(15-10-19-8-5-7-18-6-1-2-9-22(18)19)24-20-11-13-21(14-12-20)25-16-3-4-17-25/h1-2,5-9,11-14H,3-4,10,15-17H2,(H,24,26). The van der Waals surface area contributed by atoms with Gasteiger partial charge >= 0.3 is 0 Å². The smallest absolute Gasteiger partial charge is 0.224 e. The average Bonchev–Trinajstić information content (AvgIpc) is 3.22. The van der Waals surface area contributed by atoms with E-state index in [1.165, 1.54) is 34.9 Å². The van der Waals surface area contributed by atoms with Crippen LogP contribution in [0, 0.1) is 0 Å². The van der Waals surface area contributed by atoms with Crippen molar-refractivity contribution in [3.05, 3.63) is 72.3 Å². The lowest BCUT2D eigenvalue weighted by Gasteiger charge is -2.17. The molecule has 1 aliphatic heterocycles. The molecule has 3 aromatic rings. The van der Waals surface area contributed by atoms with Crippen LogP contribution in [0.1, 0.15) is 24.8 Å². The first kappa shape index (κ1) is 16.6. The third-order valence-corrected chi connectivity index (χ3v) is 5.12. The highest BCUT2D eigenvalue weighted by Crippen LogP contribution is 2.23. The molecule has 132 valence electrons. The van der Waals surface area contributed by atoms with Crippen molar-refractivity contribution in [3.63, 3.8) is 0 Å². The summed E-state index contributed by atoms with van der Waals surface area (Å²) in [7, 11) is 0. The molecule has 1 fully saturated rings. The summed E-state index contributed by atoms with van der Waals surface area (Å²) in [5.74, 6) is 0.0619. The number of hydrogen-bond acceptors (Lipinski definition) is 2. The minimum atomic E-state index is 0.0619. The van der Waals surface area contributed by atoms with Crippen molar-refractivity contribution in [1.29, 1.82) is 0 Å². The summed E-state index contributed by atoms with van der Waals surface area (Å²) in [6, 6.07) is 22.8. The minimum absolute atomic E-state index is 0.0619. The van der Waals surface area contributed by atoms with Crippen LogP contribution in [0.15, 0.2) is 66.7 Å². The molecule has 1 aliphatic rings. The summed E-state index contributed by atoms with van der Waals surface area (Å²) in [5.41, 5.74) is 3.34. The van der Waals surface area contributed by atoms with Gasteiger partial charge < -0.3 is 10.2 Å². The van der Waals surface area contributed by atoms with E-state index in [2.05, 4.69) is 52.7 Å². The van der Waals surface area contributed by atoms with Crippen LogP contribution in [0.4, 0.5) is 11.4 Å². The average molecular weight is 344 g/mol. The molecule has 0 bridgehead atoms. The Morgan fingerprint density at radius 3 is 2.42 bits per heavy atom. The number of rotatable bonds is 5. The number of benzene rings is 3. The van der Waals surface area contributed by atoms with Gasteiger partial charge in [-0.05, 0) is 59.9 Å². The number of anilines is 2. The van der Waals surface area contributed by atoms with E-state index in [9.17, 15) is 4.79 Å². The lowest BCUT2D eigenvalue weighted by molar-refractivity contribution is -0.116. The van der Waals surface area contributed by atoms with Gasteiger partial charge in [-0.3, -0.25) is 4.79 Å². The summed E-state index contributed by atoms with van der Waals surface area (Å²) in [5, 5.41) is 5.48.